The van der Waals surface area contributed by atoms with Crippen molar-refractivity contribution in [1.82, 2.24) is 10.2 Å². The summed E-state index contributed by atoms with van der Waals surface area (Å²) >= 11 is 0. The molecule has 0 bridgehead atoms. The smallest absolute Gasteiger partial charge is 0.341 e. The van der Waals surface area contributed by atoms with E-state index in [0.717, 1.165) is 12.3 Å². The van der Waals surface area contributed by atoms with E-state index in [-0.39, 0.29) is 11.4 Å². The average Bonchev–Trinajstić information content (AvgIpc) is 2.52. The van der Waals surface area contributed by atoms with Crippen LogP contribution < -0.4 is 5.32 Å². The third-order valence-corrected chi connectivity index (χ3v) is 1.30. The standard InChI is InChI=1S/C7H7N3O3/c1-2-5(11)9-6-4(7(12)13)3-8-10-6/h2-3H,1H2,(H,12,13)(H2,8,9,10,11). The van der Waals surface area contributed by atoms with Crippen LogP contribution >= 0.6 is 0 Å². The van der Waals surface area contributed by atoms with Crippen molar-refractivity contribution in [3.63, 3.8) is 0 Å². The number of aromatic nitrogens is 2. The number of carbonyl (C=O) groups is 2. The summed E-state index contributed by atoms with van der Waals surface area (Å²) in [7, 11) is 0. The minimum atomic E-state index is -1.16. The van der Waals surface area contributed by atoms with Gasteiger partial charge < -0.3 is 10.4 Å². The maximum atomic E-state index is 10.8. The quantitative estimate of drug-likeness (QED) is 0.582. The number of carboxylic acid groups (broad SMARTS) is 1. The van der Waals surface area contributed by atoms with Gasteiger partial charge in [0.25, 0.3) is 0 Å². The molecular formula is C7H7N3O3. The van der Waals surface area contributed by atoms with Crippen molar-refractivity contribution in [2.24, 2.45) is 0 Å². The summed E-state index contributed by atoms with van der Waals surface area (Å²) in [6.07, 6.45) is 2.15. The zero-order chi connectivity index (χ0) is 9.84. The van der Waals surface area contributed by atoms with Gasteiger partial charge in [-0.25, -0.2) is 4.79 Å². The Morgan fingerprint density at radius 2 is 2.38 bits per heavy atom. The Hall–Kier alpha value is -2.11. The van der Waals surface area contributed by atoms with E-state index in [1.54, 1.807) is 0 Å². The maximum absolute atomic E-state index is 10.8. The van der Waals surface area contributed by atoms with Crippen molar-refractivity contribution >= 4 is 17.7 Å². The topological polar surface area (TPSA) is 95.1 Å². The molecule has 0 saturated carbocycles. The Balaban J connectivity index is 2.88. The summed E-state index contributed by atoms with van der Waals surface area (Å²) in [6, 6.07) is 0. The van der Waals surface area contributed by atoms with Crippen LogP contribution in [0, 0.1) is 0 Å². The fourth-order valence-corrected chi connectivity index (χ4v) is 0.718. The van der Waals surface area contributed by atoms with Crippen molar-refractivity contribution in [2.45, 2.75) is 0 Å². The third-order valence-electron chi connectivity index (χ3n) is 1.30. The fourth-order valence-electron chi connectivity index (χ4n) is 0.718. The lowest BCUT2D eigenvalue weighted by molar-refractivity contribution is -0.111. The predicted molar refractivity (Wildman–Crippen MR) is 44.4 cm³/mol. The van der Waals surface area contributed by atoms with Crippen LogP contribution in [-0.4, -0.2) is 27.2 Å². The van der Waals surface area contributed by atoms with Crippen LogP contribution in [0.2, 0.25) is 0 Å². The van der Waals surface area contributed by atoms with Crippen LogP contribution in [0.4, 0.5) is 5.82 Å². The molecule has 0 radical (unpaired) electrons. The lowest BCUT2D eigenvalue weighted by Crippen LogP contribution is -2.10. The number of aromatic carboxylic acids is 1. The molecule has 1 heterocycles. The van der Waals surface area contributed by atoms with Gasteiger partial charge in [-0.3, -0.25) is 9.89 Å². The molecule has 0 saturated heterocycles. The number of carboxylic acids is 1. The van der Waals surface area contributed by atoms with Gasteiger partial charge in [-0.2, -0.15) is 5.10 Å². The van der Waals surface area contributed by atoms with Crippen LogP contribution in [0.25, 0.3) is 0 Å². The molecule has 0 spiro atoms. The van der Waals surface area contributed by atoms with Gasteiger partial charge in [0.1, 0.15) is 11.4 Å². The molecule has 68 valence electrons. The fraction of sp³-hybridized carbons (Fsp3) is 0. The molecule has 0 fully saturated rings. The molecule has 6 nitrogen and oxygen atoms in total. The Morgan fingerprint density at radius 1 is 1.69 bits per heavy atom. The lowest BCUT2D eigenvalue weighted by atomic mass is 10.3. The third kappa shape index (κ3) is 1.92. The van der Waals surface area contributed by atoms with Gasteiger partial charge in [0.2, 0.25) is 5.91 Å². The van der Waals surface area contributed by atoms with E-state index in [1.807, 2.05) is 0 Å². The van der Waals surface area contributed by atoms with E-state index in [0.29, 0.717) is 0 Å². The molecule has 1 amide bonds. The van der Waals surface area contributed by atoms with Crippen LogP contribution in [0.3, 0.4) is 0 Å². The Labute approximate surface area is 73.3 Å². The molecule has 0 unspecified atom stereocenters. The monoisotopic (exact) mass is 181 g/mol. The molecule has 3 N–H and O–H groups in total. The first-order chi connectivity index (χ1) is 6.15. The molecule has 1 rings (SSSR count). The number of hydrogen-bond acceptors (Lipinski definition) is 3. The van der Waals surface area contributed by atoms with E-state index in [1.165, 1.54) is 0 Å². The molecule has 0 aliphatic rings. The number of aromatic amines is 1. The summed E-state index contributed by atoms with van der Waals surface area (Å²) in [5.41, 5.74) is -0.0878. The zero-order valence-electron chi connectivity index (χ0n) is 6.57. The van der Waals surface area contributed by atoms with E-state index >= 15 is 0 Å². The highest BCUT2D eigenvalue weighted by molar-refractivity contribution is 6.03. The van der Waals surface area contributed by atoms with Gasteiger partial charge in [-0.15, -0.1) is 0 Å². The van der Waals surface area contributed by atoms with E-state index < -0.39 is 11.9 Å². The molecule has 0 aliphatic carbocycles. The summed E-state index contributed by atoms with van der Waals surface area (Å²) < 4.78 is 0. The zero-order valence-corrected chi connectivity index (χ0v) is 6.57. The first-order valence-corrected chi connectivity index (χ1v) is 3.35. The van der Waals surface area contributed by atoms with Crippen molar-refractivity contribution in [2.75, 3.05) is 5.32 Å². The van der Waals surface area contributed by atoms with E-state index in [2.05, 4.69) is 22.1 Å². The molecule has 1 aromatic heterocycles. The number of amides is 1. The van der Waals surface area contributed by atoms with Crippen molar-refractivity contribution in [3.05, 3.63) is 24.4 Å². The number of carbonyl (C=O) groups excluding carboxylic acids is 1. The number of nitrogens with one attached hydrogen (secondary N) is 2. The molecule has 0 aliphatic heterocycles. The molecule has 0 aromatic carbocycles. The molecule has 6 heteroatoms. The number of H-pyrrole nitrogens is 1. The first kappa shape index (κ1) is 8.98. The molecule has 1 aromatic rings. The van der Waals surface area contributed by atoms with Crippen molar-refractivity contribution < 1.29 is 14.7 Å². The highest BCUT2D eigenvalue weighted by Gasteiger charge is 2.12. The van der Waals surface area contributed by atoms with Crippen molar-refractivity contribution in [3.8, 4) is 0 Å². The maximum Gasteiger partial charge on any atom is 0.341 e. The first-order valence-electron chi connectivity index (χ1n) is 3.35. The molecule has 13 heavy (non-hydrogen) atoms. The summed E-state index contributed by atoms with van der Waals surface area (Å²) in [5, 5.41) is 16.7. The SMILES string of the molecule is C=CC(=O)Nc1[nH]ncc1C(=O)O. The van der Waals surface area contributed by atoms with Crippen LogP contribution in [-0.2, 0) is 4.79 Å². The lowest BCUT2D eigenvalue weighted by Gasteiger charge is -1.98. The van der Waals surface area contributed by atoms with Gasteiger partial charge in [-0.1, -0.05) is 6.58 Å². The van der Waals surface area contributed by atoms with E-state index in [4.69, 9.17) is 5.11 Å². The second kappa shape index (κ2) is 3.53. The second-order valence-electron chi connectivity index (χ2n) is 2.16. The Bertz CT molecular complexity index is 356. The largest absolute Gasteiger partial charge is 0.477 e. The average molecular weight is 181 g/mol. The number of rotatable bonds is 3. The second-order valence-corrected chi connectivity index (χ2v) is 2.16. The highest BCUT2D eigenvalue weighted by atomic mass is 16.4. The number of hydrogen-bond donors (Lipinski definition) is 3. The minimum absolute atomic E-state index is 0.0531. The summed E-state index contributed by atoms with van der Waals surface area (Å²) in [4.78, 5) is 21.3. The van der Waals surface area contributed by atoms with Gasteiger partial charge in [-0.05, 0) is 6.08 Å². The number of anilines is 1. The predicted octanol–water partition coefficient (Wildman–Crippen LogP) is 0.232. The Morgan fingerprint density at radius 3 is 2.92 bits per heavy atom. The van der Waals surface area contributed by atoms with Crippen molar-refractivity contribution in [1.29, 1.82) is 0 Å². The number of nitrogens with zero attached hydrogens (tertiary/aromatic N) is 1. The molecular weight excluding hydrogens is 174 g/mol. The highest BCUT2D eigenvalue weighted by Crippen LogP contribution is 2.09. The summed E-state index contributed by atoms with van der Waals surface area (Å²) in [5.74, 6) is -1.60. The summed E-state index contributed by atoms with van der Waals surface area (Å²) in [6.45, 7) is 3.22. The van der Waals surface area contributed by atoms with Gasteiger partial charge in [0, 0.05) is 0 Å². The van der Waals surface area contributed by atoms with Gasteiger partial charge in [0.15, 0.2) is 0 Å². The van der Waals surface area contributed by atoms with E-state index in [9.17, 15) is 9.59 Å². The van der Waals surface area contributed by atoms with Crippen LogP contribution in [0.15, 0.2) is 18.9 Å². The van der Waals surface area contributed by atoms with Gasteiger partial charge in [0.05, 0.1) is 6.20 Å². The molecule has 0 atom stereocenters. The van der Waals surface area contributed by atoms with Crippen LogP contribution in [0.5, 0.6) is 0 Å². The normalized spacial score (nSPS) is 9.23. The van der Waals surface area contributed by atoms with Gasteiger partial charge >= 0.3 is 5.97 Å². The minimum Gasteiger partial charge on any atom is -0.477 e. The van der Waals surface area contributed by atoms with Crippen LogP contribution in [0.1, 0.15) is 10.4 Å². The Kier molecular flexibility index (Phi) is 2.44.